The van der Waals surface area contributed by atoms with Gasteiger partial charge in [0.2, 0.25) is 0 Å². The molecule has 182 valence electrons. The van der Waals surface area contributed by atoms with Gasteiger partial charge in [-0.1, -0.05) is 41.1 Å². The molecule has 10 heteroatoms. The van der Waals surface area contributed by atoms with E-state index in [-0.39, 0.29) is 30.1 Å². The number of allylic oxidation sites excluding steroid dienone is 1. The normalized spacial score (nSPS) is 15.5. The van der Waals surface area contributed by atoms with Crippen molar-refractivity contribution in [2.45, 2.75) is 13.0 Å². The summed E-state index contributed by atoms with van der Waals surface area (Å²) in [5.74, 6) is -0.0995. The van der Waals surface area contributed by atoms with E-state index in [2.05, 4.69) is 4.99 Å². The number of rotatable bonds is 7. The molecule has 2 aromatic carbocycles. The van der Waals surface area contributed by atoms with Crippen LogP contribution in [-0.2, 0) is 14.3 Å². The number of hydrogen-bond acceptors (Lipinski definition) is 8. The largest absolute Gasteiger partial charge is 0.507 e. The van der Waals surface area contributed by atoms with Crippen LogP contribution in [0.3, 0.4) is 0 Å². The number of phenolic OH excluding ortho intramolecular Hbond substituents is 1. The van der Waals surface area contributed by atoms with Crippen molar-refractivity contribution in [3.8, 4) is 11.5 Å². The number of fused-ring (bicyclic) bond motifs is 1. The Bertz CT molecular complexity index is 1490. The van der Waals surface area contributed by atoms with E-state index in [0.717, 1.165) is 11.3 Å². The predicted octanol–water partition coefficient (Wildman–Crippen LogP) is 2.79. The number of ether oxygens (including phenoxy) is 3. The number of carbonyl (C=O) groups excluding carboxylic acids is 1. The third-order valence-electron chi connectivity index (χ3n) is 5.47. The first-order chi connectivity index (χ1) is 16.8. The smallest absolute Gasteiger partial charge is 0.338 e. The lowest BCUT2D eigenvalue weighted by Gasteiger charge is -2.26. The Balaban J connectivity index is 1.94. The fraction of sp³-hybridized carbons (Fsp3) is 0.240. The van der Waals surface area contributed by atoms with Gasteiger partial charge < -0.3 is 19.3 Å². The summed E-state index contributed by atoms with van der Waals surface area (Å²) < 4.78 is 17.7. The Labute approximate surface area is 210 Å². The molecular formula is C25H23ClN2O6S. The summed E-state index contributed by atoms with van der Waals surface area (Å²) in [5, 5.41) is 10.7. The second kappa shape index (κ2) is 10.5. The highest BCUT2D eigenvalue weighted by Gasteiger charge is 2.35. The maximum absolute atomic E-state index is 13.7. The van der Waals surface area contributed by atoms with E-state index >= 15 is 0 Å². The minimum absolute atomic E-state index is 0.0138. The molecule has 3 aromatic rings. The number of thiazole rings is 1. The molecule has 1 N–H and O–H groups in total. The second-order valence-electron chi connectivity index (χ2n) is 7.66. The quantitative estimate of drug-likeness (QED) is 0.384. The molecule has 0 saturated carbocycles. The maximum Gasteiger partial charge on any atom is 0.338 e. The molecule has 0 amide bonds. The van der Waals surface area contributed by atoms with Crippen LogP contribution in [0.2, 0.25) is 5.02 Å². The molecule has 2 heterocycles. The van der Waals surface area contributed by atoms with Gasteiger partial charge in [0.15, 0.2) is 4.80 Å². The topological polar surface area (TPSA) is 99.4 Å². The van der Waals surface area contributed by atoms with E-state index in [1.54, 1.807) is 49.4 Å². The molecule has 0 aliphatic carbocycles. The van der Waals surface area contributed by atoms with Gasteiger partial charge in [0.1, 0.15) is 24.1 Å². The van der Waals surface area contributed by atoms with Crippen molar-refractivity contribution in [2.75, 3.05) is 27.4 Å². The molecule has 0 saturated heterocycles. The van der Waals surface area contributed by atoms with Crippen LogP contribution < -0.4 is 19.6 Å². The lowest BCUT2D eigenvalue weighted by molar-refractivity contribution is -0.140. The molecule has 0 fully saturated rings. The van der Waals surface area contributed by atoms with E-state index in [0.29, 0.717) is 36.9 Å². The standard InChI is InChI=1S/C25H23ClN2O6S/c1-14-21(24(31)34-11-10-32-2)22(17-6-4-5-7-19(17)33-3)28-23(30)20(35-25(28)27-14)13-15-12-16(26)8-9-18(15)29/h4-9,12-13,22,29H,10-11H2,1-3H3. The molecule has 35 heavy (non-hydrogen) atoms. The summed E-state index contributed by atoms with van der Waals surface area (Å²) in [6.07, 6.45) is 1.56. The van der Waals surface area contributed by atoms with Crippen molar-refractivity contribution in [3.05, 3.63) is 89.6 Å². The molecule has 1 aliphatic heterocycles. The monoisotopic (exact) mass is 514 g/mol. The van der Waals surface area contributed by atoms with Gasteiger partial charge in [-0.15, -0.1) is 0 Å². The SMILES string of the molecule is COCCOC(=O)C1=C(C)N=c2sc(=Cc3cc(Cl)ccc3O)c(=O)n2C1c1ccccc1OC. The predicted molar refractivity (Wildman–Crippen MR) is 133 cm³/mol. The zero-order chi connectivity index (χ0) is 25.1. The number of esters is 1. The molecule has 4 rings (SSSR count). The highest BCUT2D eigenvalue weighted by Crippen LogP contribution is 2.35. The van der Waals surface area contributed by atoms with Gasteiger partial charge in [-0.2, -0.15) is 0 Å². The minimum atomic E-state index is -0.826. The number of carbonyl (C=O) groups is 1. The number of methoxy groups -OCH3 is 2. The van der Waals surface area contributed by atoms with E-state index in [4.69, 9.17) is 25.8 Å². The summed E-state index contributed by atoms with van der Waals surface area (Å²) in [4.78, 5) is 31.8. The summed E-state index contributed by atoms with van der Waals surface area (Å²) in [5.41, 5.74) is 1.29. The molecule has 1 aromatic heterocycles. The Morgan fingerprint density at radius 1 is 1.23 bits per heavy atom. The lowest BCUT2D eigenvalue weighted by atomic mass is 9.95. The number of hydrogen-bond donors (Lipinski definition) is 1. The van der Waals surface area contributed by atoms with Crippen molar-refractivity contribution in [1.29, 1.82) is 0 Å². The second-order valence-corrected chi connectivity index (χ2v) is 9.10. The average molecular weight is 515 g/mol. The number of para-hydroxylation sites is 1. The number of benzene rings is 2. The Hall–Kier alpha value is -3.40. The van der Waals surface area contributed by atoms with E-state index in [1.165, 1.54) is 24.9 Å². The molecule has 0 bridgehead atoms. The van der Waals surface area contributed by atoms with Gasteiger partial charge in [-0.3, -0.25) is 9.36 Å². The maximum atomic E-state index is 13.7. The van der Waals surface area contributed by atoms with Crippen molar-refractivity contribution in [1.82, 2.24) is 4.57 Å². The van der Waals surface area contributed by atoms with Crippen LogP contribution >= 0.6 is 22.9 Å². The zero-order valence-electron chi connectivity index (χ0n) is 19.3. The first kappa shape index (κ1) is 24.7. The lowest BCUT2D eigenvalue weighted by Crippen LogP contribution is -2.40. The molecule has 8 nitrogen and oxygen atoms in total. The summed E-state index contributed by atoms with van der Waals surface area (Å²) >= 11 is 7.22. The first-order valence-electron chi connectivity index (χ1n) is 10.7. The van der Waals surface area contributed by atoms with Crippen LogP contribution in [0, 0.1) is 0 Å². The molecule has 1 aliphatic rings. The third-order valence-corrected chi connectivity index (χ3v) is 6.69. The van der Waals surface area contributed by atoms with Crippen molar-refractivity contribution < 1.29 is 24.1 Å². The highest BCUT2D eigenvalue weighted by molar-refractivity contribution is 7.07. The number of aromatic hydroxyl groups is 1. The van der Waals surface area contributed by atoms with E-state index in [1.807, 2.05) is 0 Å². The van der Waals surface area contributed by atoms with E-state index in [9.17, 15) is 14.7 Å². The summed E-state index contributed by atoms with van der Waals surface area (Å²) in [6, 6.07) is 10.9. The van der Waals surface area contributed by atoms with Gasteiger partial charge in [0.25, 0.3) is 5.56 Å². The van der Waals surface area contributed by atoms with Crippen molar-refractivity contribution in [2.24, 2.45) is 4.99 Å². The van der Waals surface area contributed by atoms with Crippen LogP contribution in [0.1, 0.15) is 24.1 Å². The van der Waals surface area contributed by atoms with Crippen LogP contribution in [0.5, 0.6) is 11.5 Å². The van der Waals surface area contributed by atoms with Gasteiger partial charge in [0, 0.05) is 23.3 Å². The number of nitrogens with zero attached hydrogens (tertiary/aromatic N) is 2. The third kappa shape index (κ3) is 4.88. The Morgan fingerprint density at radius 2 is 2.00 bits per heavy atom. The summed E-state index contributed by atoms with van der Waals surface area (Å²) in [7, 11) is 3.04. The molecule has 1 atom stereocenters. The first-order valence-corrected chi connectivity index (χ1v) is 11.8. The fourth-order valence-electron chi connectivity index (χ4n) is 3.85. The summed E-state index contributed by atoms with van der Waals surface area (Å²) in [6.45, 7) is 2.00. The van der Waals surface area contributed by atoms with Crippen molar-refractivity contribution >= 4 is 35.0 Å². The fourth-order valence-corrected chi connectivity index (χ4v) is 5.06. The van der Waals surface area contributed by atoms with E-state index < -0.39 is 12.0 Å². The van der Waals surface area contributed by atoms with Gasteiger partial charge in [0.05, 0.1) is 29.5 Å². The average Bonchev–Trinajstić information content (AvgIpc) is 3.15. The number of phenols is 1. The van der Waals surface area contributed by atoms with Crippen LogP contribution in [0.25, 0.3) is 6.08 Å². The van der Waals surface area contributed by atoms with Crippen LogP contribution in [0.15, 0.2) is 63.5 Å². The van der Waals surface area contributed by atoms with Gasteiger partial charge in [-0.05, 0) is 37.3 Å². The number of aromatic nitrogens is 1. The highest BCUT2D eigenvalue weighted by atomic mass is 35.5. The molecule has 0 radical (unpaired) electrons. The molecular weight excluding hydrogens is 492 g/mol. The minimum Gasteiger partial charge on any atom is -0.507 e. The van der Waals surface area contributed by atoms with Gasteiger partial charge >= 0.3 is 5.97 Å². The van der Waals surface area contributed by atoms with Crippen LogP contribution in [-0.4, -0.2) is 43.1 Å². The van der Waals surface area contributed by atoms with Crippen molar-refractivity contribution in [3.63, 3.8) is 0 Å². The Morgan fingerprint density at radius 3 is 2.74 bits per heavy atom. The van der Waals surface area contributed by atoms with Crippen LogP contribution in [0.4, 0.5) is 0 Å². The Kier molecular flexibility index (Phi) is 7.39. The molecule has 1 unspecified atom stereocenters. The van der Waals surface area contributed by atoms with Gasteiger partial charge in [-0.25, -0.2) is 9.79 Å². The zero-order valence-corrected chi connectivity index (χ0v) is 20.9. The molecule has 0 spiro atoms. The number of halogens is 1.